The first-order valence-corrected chi connectivity index (χ1v) is 5.84. The molecule has 0 spiro atoms. The van der Waals surface area contributed by atoms with Gasteiger partial charge in [-0.2, -0.15) is 0 Å². The number of rotatable bonds is 6. The van der Waals surface area contributed by atoms with E-state index >= 15 is 0 Å². The van der Waals surface area contributed by atoms with E-state index in [1.54, 1.807) is 32.9 Å². The molecule has 0 aromatic carbocycles. The van der Waals surface area contributed by atoms with E-state index in [0.717, 1.165) is 0 Å². The number of hydrogen-bond acceptors (Lipinski definition) is 4. The van der Waals surface area contributed by atoms with Gasteiger partial charge in [0.2, 0.25) is 0 Å². The zero-order valence-corrected chi connectivity index (χ0v) is 11.8. The summed E-state index contributed by atoms with van der Waals surface area (Å²) in [4.78, 5) is 21.3. The molecule has 0 aliphatic rings. The predicted molar refractivity (Wildman–Crippen MR) is 72.1 cm³/mol. The Balaban J connectivity index is 0. The third kappa shape index (κ3) is 9.63. The van der Waals surface area contributed by atoms with Gasteiger partial charge >= 0.3 is 11.9 Å². The molecule has 4 heteroatoms. The highest BCUT2D eigenvalue weighted by Gasteiger charge is 2.23. The molecule has 0 amide bonds. The van der Waals surface area contributed by atoms with Crippen molar-refractivity contribution in [3.05, 3.63) is 25.3 Å². The lowest BCUT2D eigenvalue weighted by atomic mass is 9.94. The summed E-state index contributed by atoms with van der Waals surface area (Å²) in [6.45, 7) is 12.8. The topological polar surface area (TPSA) is 52.6 Å². The van der Waals surface area contributed by atoms with Crippen LogP contribution in [0, 0.1) is 5.41 Å². The SMILES string of the molecule is C=CC(C)(C)C(=O)OC.C=CCCC(=O)OCC. The van der Waals surface area contributed by atoms with Crippen LogP contribution in [0.3, 0.4) is 0 Å². The van der Waals surface area contributed by atoms with Crippen molar-refractivity contribution in [2.75, 3.05) is 13.7 Å². The van der Waals surface area contributed by atoms with Gasteiger partial charge in [-0.3, -0.25) is 9.59 Å². The van der Waals surface area contributed by atoms with E-state index in [0.29, 0.717) is 19.4 Å². The molecule has 104 valence electrons. The van der Waals surface area contributed by atoms with Crippen molar-refractivity contribution < 1.29 is 19.1 Å². The quantitative estimate of drug-likeness (QED) is 0.541. The first kappa shape index (κ1) is 18.8. The lowest BCUT2D eigenvalue weighted by Gasteiger charge is -2.14. The van der Waals surface area contributed by atoms with E-state index in [4.69, 9.17) is 0 Å². The first-order chi connectivity index (χ1) is 8.35. The zero-order valence-electron chi connectivity index (χ0n) is 11.8. The fraction of sp³-hybridized carbons (Fsp3) is 0.571. The van der Waals surface area contributed by atoms with Crippen LogP contribution in [0.15, 0.2) is 25.3 Å². The van der Waals surface area contributed by atoms with Gasteiger partial charge in [-0.25, -0.2) is 0 Å². The van der Waals surface area contributed by atoms with Gasteiger partial charge in [-0.1, -0.05) is 12.2 Å². The molecule has 0 radical (unpaired) electrons. The second-order valence-corrected chi connectivity index (χ2v) is 4.05. The van der Waals surface area contributed by atoms with Crippen LogP contribution in [0.2, 0.25) is 0 Å². The maximum absolute atomic E-state index is 10.8. The Morgan fingerprint density at radius 3 is 2.11 bits per heavy atom. The number of carbonyl (C=O) groups is 2. The molecule has 0 atom stereocenters. The Labute approximate surface area is 110 Å². The Bertz CT molecular complexity index is 280. The Morgan fingerprint density at radius 1 is 1.28 bits per heavy atom. The van der Waals surface area contributed by atoms with E-state index in [1.807, 2.05) is 0 Å². The number of hydrogen-bond donors (Lipinski definition) is 0. The lowest BCUT2D eigenvalue weighted by molar-refractivity contribution is -0.148. The van der Waals surface area contributed by atoms with Gasteiger partial charge in [0.1, 0.15) is 0 Å². The van der Waals surface area contributed by atoms with Crippen LogP contribution in [0.4, 0.5) is 0 Å². The molecule has 18 heavy (non-hydrogen) atoms. The molecule has 0 unspecified atom stereocenters. The fourth-order valence-electron chi connectivity index (χ4n) is 0.799. The van der Waals surface area contributed by atoms with Crippen LogP contribution < -0.4 is 0 Å². The maximum atomic E-state index is 10.8. The largest absolute Gasteiger partial charge is 0.468 e. The predicted octanol–water partition coefficient (Wildman–Crippen LogP) is 2.89. The molecule has 0 aromatic rings. The molecule has 4 nitrogen and oxygen atoms in total. The van der Waals surface area contributed by atoms with Crippen LogP contribution in [-0.2, 0) is 19.1 Å². The Kier molecular flexibility index (Phi) is 11.0. The highest BCUT2D eigenvalue weighted by Crippen LogP contribution is 2.16. The number of allylic oxidation sites excluding steroid dienone is 1. The Morgan fingerprint density at radius 2 is 1.83 bits per heavy atom. The number of methoxy groups -OCH3 is 1. The molecule has 0 bridgehead atoms. The van der Waals surface area contributed by atoms with Gasteiger partial charge in [0, 0.05) is 6.42 Å². The van der Waals surface area contributed by atoms with Crippen LogP contribution in [0.1, 0.15) is 33.6 Å². The minimum absolute atomic E-state index is 0.141. The first-order valence-electron chi connectivity index (χ1n) is 5.84. The van der Waals surface area contributed by atoms with Crippen molar-refractivity contribution in [3.8, 4) is 0 Å². The summed E-state index contributed by atoms with van der Waals surface area (Å²) < 4.78 is 9.15. The Hall–Kier alpha value is -1.58. The summed E-state index contributed by atoms with van der Waals surface area (Å²) in [5, 5.41) is 0. The fourth-order valence-corrected chi connectivity index (χ4v) is 0.799. The summed E-state index contributed by atoms with van der Waals surface area (Å²) in [6.07, 6.45) is 4.44. The standard InChI is InChI=1S/2C7H12O2/c1-5-7(2,3)6(8)9-4;1-3-5-6-7(8)9-4-2/h5H,1H2,2-4H3;3H,1,4-6H2,2H3. The molecular weight excluding hydrogens is 232 g/mol. The van der Waals surface area contributed by atoms with Gasteiger partial charge in [-0.15, -0.1) is 13.2 Å². The van der Waals surface area contributed by atoms with Gasteiger partial charge in [0.05, 0.1) is 19.1 Å². The summed E-state index contributed by atoms with van der Waals surface area (Å²) in [7, 11) is 1.37. The minimum atomic E-state index is -0.547. The van der Waals surface area contributed by atoms with E-state index in [-0.39, 0.29) is 11.9 Å². The summed E-state index contributed by atoms with van der Waals surface area (Å²) in [6, 6.07) is 0. The lowest BCUT2D eigenvalue weighted by Crippen LogP contribution is -2.22. The van der Waals surface area contributed by atoms with Crippen LogP contribution in [0.5, 0.6) is 0 Å². The second-order valence-electron chi connectivity index (χ2n) is 4.05. The summed E-state index contributed by atoms with van der Waals surface area (Å²) in [5.41, 5.74) is -0.547. The van der Waals surface area contributed by atoms with E-state index < -0.39 is 5.41 Å². The number of esters is 2. The van der Waals surface area contributed by atoms with Crippen molar-refractivity contribution in [3.63, 3.8) is 0 Å². The third-order valence-electron chi connectivity index (χ3n) is 2.08. The second kappa shape index (κ2) is 10.6. The van der Waals surface area contributed by atoms with E-state index in [2.05, 4.69) is 22.6 Å². The van der Waals surface area contributed by atoms with Gasteiger partial charge in [-0.05, 0) is 27.2 Å². The highest BCUT2D eigenvalue weighted by atomic mass is 16.5. The normalized spacial score (nSPS) is 9.56. The third-order valence-corrected chi connectivity index (χ3v) is 2.08. The molecule has 0 rings (SSSR count). The monoisotopic (exact) mass is 256 g/mol. The van der Waals surface area contributed by atoms with Crippen LogP contribution in [-0.4, -0.2) is 25.7 Å². The average molecular weight is 256 g/mol. The molecular formula is C14H24O4. The molecule has 0 fully saturated rings. The van der Waals surface area contributed by atoms with Gasteiger partial charge in [0.25, 0.3) is 0 Å². The summed E-state index contributed by atoms with van der Waals surface area (Å²) >= 11 is 0. The number of carbonyl (C=O) groups excluding carboxylic acids is 2. The summed E-state index contributed by atoms with van der Waals surface area (Å²) in [5.74, 6) is -0.394. The minimum Gasteiger partial charge on any atom is -0.468 e. The highest BCUT2D eigenvalue weighted by molar-refractivity contribution is 5.77. The van der Waals surface area contributed by atoms with Crippen molar-refractivity contribution in [2.45, 2.75) is 33.6 Å². The van der Waals surface area contributed by atoms with Gasteiger partial charge < -0.3 is 9.47 Å². The number of ether oxygens (including phenoxy) is 2. The zero-order chi connectivity index (χ0) is 14.6. The van der Waals surface area contributed by atoms with Crippen molar-refractivity contribution >= 4 is 11.9 Å². The van der Waals surface area contributed by atoms with Crippen molar-refractivity contribution in [1.82, 2.24) is 0 Å². The van der Waals surface area contributed by atoms with Crippen molar-refractivity contribution in [2.24, 2.45) is 5.41 Å². The van der Waals surface area contributed by atoms with Crippen LogP contribution in [0.25, 0.3) is 0 Å². The maximum Gasteiger partial charge on any atom is 0.315 e. The van der Waals surface area contributed by atoms with E-state index in [9.17, 15) is 9.59 Å². The van der Waals surface area contributed by atoms with Crippen LogP contribution >= 0.6 is 0 Å². The molecule has 0 saturated heterocycles. The smallest absolute Gasteiger partial charge is 0.315 e. The van der Waals surface area contributed by atoms with Gasteiger partial charge in [0.15, 0.2) is 0 Å². The molecule has 0 aromatic heterocycles. The molecule has 0 saturated carbocycles. The molecule has 0 heterocycles. The van der Waals surface area contributed by atoms with E-state index in [1.165, 1.54) is 7.11 Å². The molecule has 0 N–H and O–H groups in total. The molecule has 0 aliphatic carbocycles. The molecule has 0 aliphatic heterocycles. The van der Waals surface area contributed by atoms with Crippen molar-refractivity contribution in [1.29, 1.82) is 0 Å². The average Bonchev–Trinajstić information content (AvgIpc) is 2.36.